The highest BCUT2D eigenvalue weighted by molar-refractivity contribution is 7.89. The van der Waals surface area contributed by atoms with Crippen molar-refractivity contribution in [2.75, 3.05) is 33.4 Å². The maximum absolute atomic E-state index is 12.6. The Labute approximate surface area is 173 Å². The van der Waals surface area contributed by atoms with Crippen molar-refractivity contribution in [2.24, 2.45) is 5.92 Å². The van der Waals surface area contributed by atoms with Crippen LogP contribution in [-0.2, 0) is 19.6 Å². The van der Waals surface area contributed by atoms with Gasteiger partial charge in [-0.05, 0) is 37.0 Å². The van der Waals surface area contributed by atoms with Crippen LogP contribution in [0, 0.1) is 5.92 Å². The molecule has 0 saturated carbocycles. The molecule has 9 heteroatoms. The molecule has 1 aliphatic heterocycles. The lowest BCUT2D eigenvalue weighted by atomic mass is 10.0. The molecule has 1 fully saturated rings. The number of hydrogen-bond donors (Lipinski definition) is 2. The van der Waals surface area contributed by atoms with Crippen LogP contribution in [-0.4, -0.2) is 64.5 Å². The van der Waals surface area contributed by atoms with E-state index in [1.54, 1.807) is 12.1 Å². The van der Waals surface area contributed by atoms with E-state index in [0.29, 0.717) is 38.3 Å². The van der Waals surface area contributed by atoms with Crippen molar-refractivity contribution >= 4 is 21.8 Å². The van der Waals surface area contributed by atoms with Crippen LogP contribution in [0.5, 0.6) is 0 Å². The van der Waals surface area contributed by atoms with Crippen molar-refractivity contribution in [3.63, 3.8) is 0 Å². The molecule has 2 N–H and O–H groups in total. The number of nitrogens with one attached hydrogen (secondary N) is 2. The molecule has 2 amide bonds. The van der Waals surface area contributed by atoms with Crippen LogP contribution in [0.25, 0.3) is 0 Å². The molecular formula is C20H31N3O5S. The molecule has 29 heavy (non-hydrogen) atoms. The van der Waals surface area contributed by atoms with Gasteiger partial charge in [-0.1, -0.05) is 19.9 Å². The first-order valence-corrected chi connectivity index (χ1v) is 11.4. The number of benzene rings is 1. The lowest BCUT2D eigenvalue weighted by molar-refractivity contribution is -0.133. The number of nitrogens with zero attached hydrogens (tertiary/aromatic N) is 1. The first kappa shape index (κ1) is 23.3. The molecule has 0 bridgehead atoms. The zero-order valence-corrected chi connectivity index (χ0v) is 18.1. The Hall–Kier alpha value is -1.97. The minimum absolute atomic E-state index is 0.0364. The summed E-state index contributed by atoms with van der Waals surface area (Å²) in [5.41, 5.74) is 0.290. The summed E-state index contributed by atoms with van der Waals surface area (Å²) in [5.74, 6) is 0.169. The van der Waals surface area contributed by atoms with E-state index >= 15 is 0 Å². The van der Waals surface area contributed by atoms with E-state index in [2.05, 4.69) is 10.0 Å². The molecule has 1 aromatic carbocycles. The van der Waals surface area contributed by atoms with E-state index in [1.807, 2.05) is 18.7 Å². The molecule has 2 rings (SSSR count). The van der Waals surface area contributed by atoms with Gasteiger partial charge in [0.1, 0.15) is 0 Å². The molecule has 8 nitrogen and oxygen atoms in total. The van der Waals surface area contributed by atoms with Crippen molar-refractivity contribution in [1.82, 2.24) is 14.9 Å². The molecule has 0 radical (unpaired) electrons. The smallest absolute Gasteiger partial charge is 0.251 e. The largest absolute Gasteiger partial charge is 0.383 e. The fourth-order valence-electron chi connectivity index (χ4n) is 3.19. The monoisotopic (exact) mass is 425 g/mol. The summed E-state index contributed by atoms with van der Waals surface area (Å²) >= 11 is 0. The number of amides is 2. The van der Waals surface area contributed by atoms with Gasteiger partial charge < -0.3 is 15.0 Å². The summed E-state index contributed by atoms with van der Waals surface area (Å²) in [7, 11) is -2.21. The second kappa shape index (κ2) is 10.7. The molecule has 1 heterocycles. The van der Waals surface area contributed by atoms with E-state index in [1.165, 1.54) is 19.2 Å². The number of hydrogen-bond acceptors (Lipinski definition) is 5. The minimum atomic E-state index is -3.70. The molecule has 0 atom stereocenters. The van der Waals surface area contributed by atoms with E-state index in [9.17, 15) is 18.0 Å². The van der Waals surface area contributed by atoms with Gasteiger partial charge in [0.15, 0.2) is 0 Å². The SMILES string of the molecule is COCCNS(=O)(=O)c1cccc(C(=O)NC2CCN(C(=O)CC(C)C)CC2)c1. The number of carbonyl (C=O) groups is 2. The summed E-state index contributed by atoms with van der Waals surface area (Å²) in [6, 6.07) is 5.92. The number of carbonyl (C=O) groups excluding carboxylic acids is 2. The number of sulfonamides is 1. The van der Waals surface area contributed by atoms with Crippen LogP contribution in [0.3, 0.4) is 0 Å². The van der Waals surface area contributed by atoms with Gasteiger partial charge in [-0.3, -0.25) is 9.59 Å². The van der Waals surface area contributed by atoms with E-state index in [4.69, 9.17) is 4.74 Å². The normalized spacial score (nSPS) is 15.5. The zero-order valence-electron chi connectivity index (χ0n) is 17.3. The van der Waals surface area contributed by atoms with Crippen LogP contribution in [0.4, 0.5) is 0 Å². The van der Waals surface area contributed by atoms with Crippen LogP contribution in [0.15, 0.2) is 29.2 Å². The van der Waals surface area contributed by atoms with Gasteiger partial charge in [-0.2, -0.15) is 0 Å². The van der Waals surface area contributed by atoms with Crippen LogP contribution >= 0.6 is 0 Å². The molecule has 0 unspecified atom stereocenters. The lowest BCUT2D eigenvalue weighted by Gasteiger charge is -2.33. The summed E-state index contributed by atoms with van der Waals surface area (Å²) in [6.45, 7) is 5.70. The maximum Gasteiger partial charge on any atom is 0.251 e. The maximum atomic E-state index is 12.6. The van der Waals surface area contributed by atoms with Crippen molar-refractivity contribution in [3.05, 3.63) is 29.8 Å². The van der Waals surface area contributed by atoms with Gasteiger partial charge in [0.25, 0.3) is 5.91 Å². The Balaban J connectivity index is 1.93. The van der Waals surface area contributed by atoms with E-state index in [0.717, 1.165) is 0 Å². The molecular weight excluding hydrogens is 394 g/mol. The third-order valence-electron chi connectivity index (χ3n) is 4.77. The highest BCUT2D eigenvalue weighted by Crippen LogP contribution is 2.16. The third kappa shape index (κ3) is 7.09. The first-order chi connectivity index (χ1) is 13.7. The summed E-state index contributed by atoms with van der Waals surface area (Å²) in [6.07, 6.45) is 1.91. The lowest BCUT2D eigenvalue weighted by Crippen LogP contribution is -2.46. The number of methoxy groups -OCH3 is 1. The number of piperidine rings is 1. The van der Waals surface area contributed by atoms with Crippen molar-refractivity contribution in [3.8, 4) is 0 Å². The first-order valence-electron chi connectivity index (χ1n) is 9.90. The average molecular weight is 426 g/mol. The topological polar surface area (TPSA) is 105 Å². The summed E-state index contributed by atoms with van der Waals surface area (Å²) < 4.78 is 31.9. The minimum Gasteiger partial charge on any atom is -0.383 e. The number of rotatable bonds is 9. The van der Waals surface area contributed by atoms with Crippen molar-refractivity contribution in [1.29, 1.82) is 0 Å². The third-order valence-corrected chi connectivity index (χ3v) is 6.23. The second-order valence-electron chi connectivity index (χ2n) is 7.64. The molecule has 1 aliphatic rings. The molecule has 1 saturated heterocycles. The zero-order chi connectivity index (χ0) is 21.4. The Kier molecular flexibility index (Phi) is 8.60. The van der Waals surface area contributed by atoms with Gasteiger partial charge in [0.05, 0.1) is 11.5 Å². The predicted molar refractivity (Wildman–Crippen MR) is 110 cm³/mol. The van der Waals surface area contributed by atoms with Gasteiger partial charge in [-0.15, -0.1) is 0 Å². The van der Waals surface area contributed by atoms with E-state index in [-0.39, 0.29) is 41.5 Å². The quantitative estimate of drug-likeness (QED) is 0.582. The Morgan fingerprint density at radius 2 is 1.93 bits per heavy atom. The summed E-state index contributed by atoms with van der Waals surface area (Å²) in [5, 5.41) is 2.95. The van der Waals surface area contributed by atoms with Gasteiger partial charge in [0.2, 0.25) is 15.9 Å². The Morgan fingerprint density at radius 3 is 2.55 bits per heavy atom. The van der Waals surface area contributed by atoms with Gasteiger partial charge in [0, 0.05) is 44.8 Å². The Bertz CT molecular complexity index is 802. The molecule has 0 aliphatic carbocycles. The Morgan fingerprint density at radius 1 is 1.24 bits per heavy atom. The van der Waals surface area contributed by atoms with E-state index < -0.39 is 10.0 Å². The van der Waals surface area contributed by atoms with Crippen LogP contribution in [0.1, 0.15) is 43.5 Å². The molecule has 0 spiro atoms. The highest BCUT2D eigenvalue weighted by atomic mass is 32.2. The highest BCUT2D eigenvalue weighted by Gasteiger charge is 2.25. The molecule has 0 aromatic heterocycles. The van der Waals surface area contributed by atoms with Gasteiger partial charge >= 0.3 is 0 Å². The molecule has 162 valence electrons. The number of ether oxygens (including phenoxy) is 1. The fourth-order valence-corrected chi connectivity index (χ4v) is 4.24. The second-order valence-corrected chi connectivity index (χ2v) is 9.41. The van der Waals surface area contributed by atoms with Crippen LogP contribution in [0.2, 0.25) is 0 Å². The fraction of sp³-hybridized carbons (Fsp3) is 0.600. The van der Waals surface area contributed by atoms with Gasteiger partial charge in [-0.25, -0.2) is 13.1 Å². The van der Waals surface area contributed by atoms with Crippen molar-refractivity contribution < 1.29 is 22.7 Å². The van der Waals surface area contributed by atoms with Crippen LogP contribution < -0.4 is 10.0 Å². The average Bonchev–Trinajstić information content (AvgIpc) is 2.68. The predicted octanol–water partition coefficient (Wildman–Crippen LogP) is 1.38. The van der Waals surface area contributed by atoms with Crippen molar-refractivity contribution in [2.45, 2.75) is 44.0 Å². The number of likely N-dealkylation sites (tertiary alicyclic amines) is 1. The standard InChI is InChI=1S/C20H31N3O5S/c1-15(2)13-19(24)23-10-7-17(8-11-23)22-20(25)16-5-4-6-18(14-16)29(26,27)21-9-12-28-3/h4-6,14-15,17,21H,7-13H2,1-3H3,(H,22,25). The molecule has 1 aromatic rings. The summed E-state index contributed by atoms with van der Waals surface area (Å²) in [4.78, 5) is 26.6.